The first-order chi connectivity index (χ1) is 13.5. The highest BCUT2D eigenvalue weighted by Crippen LogP contribution is 2.41. The number of benzene rings is 3. The second kappa shape index (κ2) is 7.73. The summed E-state index contributed by atoms with van der Waals surface area (Å²) in [6.45, 7) is 6.72. The summed E-state index contributed by atoms with van der Waals surface area (Å²) >= 11 is 1.75. The maximum Gasteiger partial charge on any atom is 0.148 e. The predicted molar refractivity (Wildman–Crippen MR) is 119 cm³/mol. The van der Waals surface area contributed by atoms with Gasteiger partial charge < -0.3 is 4.42 Å². The van der Waals surface area contributed by atoms with E-state index in [0.717, 1.165) is 27.5 Å². The SMILES string of the molecule is CC(C)(C)c1ccc(Sc2cc(-c3ccccc3)oc2-c2ccccc2)cc1. The second-order valence-electron chi connectivity index (χ2n) is 7.91. The van der Waals surface area contributed by atoms with Gasteiger partial charge in [0, 0.05) is 16.0 Å². The van der Waals surface area contributed by atoms with Gasteiger partial charge >= 0.3 is 0 Å². The van der Waals surface area contributed by atoms with Crippen molar-refractivity contribution >= 4 is 11.8 Å². The Hall–Kier alpha value is -2.71. The van der Waals surface area contributed by atoms with Gasteiger partial charge in [0.2, 0.25) is 0 Å². The van der Waals surface area contributed by atoms with E-state index in [1.807, 2.05) is 36.4 Å². The average Bonchev–Trinajstić information content (AvgIpc) is 3.13. The Morgan fingerprint density at radius 3 is 1.82 bits per heavy atom. The van der Waals surface area contributed by atoms with Crippen LogP contribution in [0.15, 0.2) is 105 Å². The van der Waals surface area contributed by atoms with Crippen LogP contribution in [0.3, 0.4) is 0 Å². The second-order valence-corrected chi connectivity index (χ2v) is 9.03. The van der Waals surface area contributed by atoms with E-state index in [0.29, 0.717) is 0 Å². The van der Waals surface area contributed by atoms with Crippen molar-refractivity contribution in [3.63, 3.8) is 0 Å². The summed E-state index contributed by atoms with van der Waals surface area (Å²) in [5, 5.41) is 0. The van der Waals surface area contributed by atoms with E-state index in [1.165, 1.54) is 10.5 Å². The lowest BCUT2D eigenvalue weighted by Gasteiger charge is -2.19. The monoisotopic (exact) mass is 384 g/mol. The molecule has 0 aliphatic rings. The molecule has 4 rings (SSSR count). The lowest BCUT2D eigenvalue weighted by molar-refractivity contribution is 0.589. The van der Waals surface area contributed by atoms with Crippen LogP contribution >= 0.6 is 11.8 Å². The number of furan rings is 1. The molecular formula is C26H24OS. The van der Waals surface area contributed by atoms with Crippen molar-refractivity contribution in [1.29, 1.82) is 0 Å². The summed E-state index contributed by atoms with van der Waals surface area (Å²) < 4.78 is 6.32. The molecule has 1 nitrogen and oxygen atoms in total. The van der Waals surface area contributed by atoms with Crippen LogP contribution in [0.5, 0.6) is 0 Å². The van der Waals surface area contributed by atoms with Crippen molar-refractivity contribution in [3.8, 4) is 22.6 Å². The van der Waals surface area contributed by atoms with Crippen LogP contribution in [0.1, 0.15) is 26.3 Å². The van der Waals surface area contributed by atoms with Gasteiger partial charge in [-0.15, -0.1) is 0 Å². The zero-order valence-electron chi connectivity index (χ0n) is 16.5. The summed E-state index contributed by atoms with van der Waals surface area (Å²) in [6.07, 6.45) is 0. The van der Waals surface area contributed by atoms with Gasteiger partial charge in [-0.3, -0.25) is 0 Å². The van der Waals surface area contributed by atoms with E-state index in [-0.39, 0.29) is 5.41 Å². The minimum Gasteiger partial charge on any atom is -0.455 e. The van der Waals surface area contributed by atoms with E-state index in [9.17, 15) is 0 Å². The van der Waals surface area contributed by atoms with Crippen LogP contribution in [-0.2, 0) is 5.41 Å². The molecule has 0 radical (unpaired) electrons. The third kappa shape index (κ3) is 4.07. The van der Waals surface area contributed by atoms with Crippen molar-refractivity contribution in [2.75, 3.05) is 0 Å². The summed E-state index contributed by atoms with van der Waals surface area (Å²) in [7, 11) is 0. The normalized spacial score (nSPS) is 11.5. The van der Waals surface area contributed by atoms with Gasteiger partial charge in [-0.2, -0.15) is 0 Å². The van der Waals surface area contributed by atoms with Crippen LogP contribution in [0, 0.1) is 0 Å². The molecule has 0 bridgehead atoms. The molecule has 0 aliphatic heterocycles. The molecule has 28 heavy (non-hydrogen) atoms. The van der Waals surface area contributed by atoms with Crippen LogP contribution in [0.4, 0.5) is 0 Å². The van der Waals surface area contributed by atoms with E-state index in [2.05, 4.69) is 75.4 Å². The highest BCUT2D eigenvalue weighted by Gasteiger charge is 2.17. The van der Waals surface area contributed by atoms with E-state index in [1.54, 1.807) is 11.8 Å². The fourth-order valence-corrected chi connectivity index (χ4v) is 4.08. The van der Waals surface area contributed by atoms with E-state index >= 15 is 0 Å². The van der Waals surface area contributed by atoms with Gasteiger partial charge in [-0.1, -0.05) is 105 Å². The molecule has 0 aliphatic carbocycles. The third-order valence-corrected chi connectivity index (χ3v) is 5.77. The van der Waals surface area contributed by atoms with Gasteiger partial charge in [-0.05, 0) is 29.2 Å². The largest absolute Gasteiger partial charge is 0.455 e. The molecule has 140 valence electrons. The van der Waals surface area contributed by atoms with Crippen LogP contribution in [0.25, 0.3) is 22.6 Å². The Labute approximate surface area is 171 Å². The molecule has 0 amide bonds. The summed E-state index contributed by atoms with van der Waals surface area (Å²) in [4.78, 5) is 2.35. The molecule has 0 N–H and O–H groups in total. The lowest BCUT2D eigenvalue weighted by atomic mass is 9.87. The topological polar surface area (TPSA) is 13.1 Å². The van der Waals surface area contributed by atoms with Crippen LogP contribution in [-0.4, -0.2) is 0 Å². The molecule has 2 heteroatoms. The molecule has 1 heterocycles. The van der Waals surface area contributed by atoms with Crippen molar-refractivity contribution in [2.45, 2.75) is 36.0 Å². The molecule has 0 saturated carbocycles. The summed E-state index contributed by atoms with van der Waals surface area (Å²) in [5.41, 5.74) is 3.69. The fraction of sp³-hybridized carbons (Fsp3) is 0.154. The van der Waals surface area contributed by atoms with Crippen molar-refractivity contribution in [1.82, 2.24) is 0 Å². The van der Waals surface area contributed by atoms with Gasteiger partial charge in [-0.25, -0.2) is 0 Å². The van der Waals surface area contributed by atoms with E-state index < -0.39 is 0 Å². The lowest BCUT2D eigenvalue weighted by Crippen LogP contribution is -2.10. The highest BCUT2D eigenvalue weighted by atomic mass is 32.2. The minimum absolute atomic E-state index is 0.161. The van der Waals surface area contributed by atoms with Gasteiger partial charge in [0.25, 0.3) is 0 Å². The number of hydrogen-bond acceptors (Lipinski definition) is 2. The Morgan fingerprint density at radius 1 is 0.679 bits per heavy atom. The first-order valence-corrected chi connectivity index (χ1v) is 10.4. The van der Waals surface area contributed by atoms with Gasteiger partial charge in [0.15, 0.2) is 0 Å². The maximum absolute atomic E-state index is 6.32. The summed E-state index contributed by atoms with van der Waals surface area (Å²) in [5.74, 6) is 1.82. The fourth-order valence-electron chi connectivity index (χ4n) is 3.14. The Kier molecular flexibility index (Phi) is 5.15. The van der Waals surface area contributed by atoms with Crippen molar-refractivity contribution < 1.29 is 4.42 Å². The van der Waals surface area contributed by atoms with Crippen molar-refractivity contribution in [2.24, 2.45) is 0 Å². The zero-order chi connectivity index (χ0) is 19.6. The molecule has 0 saturated heterocycles. The molecule has 0 atom stereocenters. The first kappa shape index (κ1) is 18.6. The standard InChI is InChI=1S/C26H24OS/c1-26(2,3)21-14-16-22(17-15-21)28-24-18-23(19-10-6-4-7-11-19)27-25(24)20-12-8-5-9-13-20/h4-18H,1-3H3. The Balaban J connectivity index is 1.72. The average molecular weight is 385 g/mol. The Morgan fingerprint density at radius 2 is 1.25 bits per heavy atom. The maximum atomic E-state index is 6.32. The third-order valence-electron chi connectivity index (χ3n) is 4.74. The molecule has 1 aromatic heterocycles. The van der Waals surface area contributed by atoms with Crippen LogP contribution in [0.2, 0.25) is 0 Å². The molecule has 0 spiro atoms. The van der Waals surface area contributed by atoms with E-state index in [4.69, 9.17) is 4.42 Å². The molecular weight excluding hydrogens is 360 g/mol. The molecule has 0 unspecified atom stereocenters. The highest BCUT2D eigenvalue weighted by molar-refractivity contribution is 7.99. The number of hydrogen-bond donors (Lipinski definition) is 0. The number of rotatable bonds is 4. The molecule has 0 fully saturated rings. The quantitative estimate of drug-likeness (QED) is 0.353. The smallest absolute Gasteiger partial charge is 0.148 e. The molecule has 3 aromatic carbocycles. The first-order valence-electron chi connectivity index (χ1n) is 9.54. The summed E-state index contributed by atoms with van der Waals surface area (Å²) in [6, 6.07) is 31.6. The Bertz CT molecular complexity index is 1040. The zero-order valence-corrected chi connectivity index (χ0v) is 17.3. The van der Waals surface area contributed by atoms with Crippen LogP contribution < -0.4 is 0 Å². The van der Waals surface area contributed by atoms with Gasteiger partial charge in [0.05, 0.1) is 4.90 Å². The minimum atomic E-state index is 0.161. The predicted octanol–water partition coefficient (Wildman–Crippen LogP) is 8.06. The van der Waals surface area contributed by atoms with Crippen molar-refractivity contribution in [3.05, 3.63) is 96.6 Å². The van der Waals surface area contributed by atoms with Gasteiger partial charge in [0.1, 0.15) is 11.5 Å². The molecule has 4 aromatic rings.